The molecule has 0 spiro atoms. The molecule has 0 aliphatic carbocycles. The van der Waals surface area contributed by atoms with E-state index >= 15 is 0 Å². The van der Waals surface area contributed by atoms with Crippen LogP contribution in [0.2, 0.25) is 0 Å². The molecule has 1 rings (SSSR count). The zero-order valence-electron chi connectivity index (χ0n) is 9.83. The molecule has 0 fully saturated rings. The maximum atomic E-state index is 11.2. The van der Waals surface area contributed by atoms with Gasteiger partial charge in [0.05, 0.1) is 6.54 Å². The number of amides is 2. The molecule has 0 atom stereocenters. The number of carbonyl (C=O) groups excluding carboxylic acids is 1. The van der Waals surface area contributed by atoms with Crippen molar-refractivity contribution in [2.45, 2.75) is 13.3 Å². The third kappa shape index (κ3) is 6.16. The van der Waals surface area contributed by atoms with Gasteiger partial charge in [-0.2, -0.15) is 0 Å². The molecule has 2 amide bonds. The Labute approximate surface area is 110 Å². The number of nitrogens with one attached hydrogen (secondary N) is 2. The third-order valence-electron chi connectivity index (χ3n) is 2.01. The van der Waals surface area contributed by atoms with Gasteiger partial charge < -0.3 is 15.4 Å². The molecule has 0 bridgehead atoms. The zero-order valence-corrected chi connectivity index (χ0v) is 11.4. The maximum absolute atomic E-state index is 11.2. The van der Waals surface area contributed by atoms with Crippen molar-refractivity contribution < 1.29 is 9.53 Å². The van der Waals surface area contributed by atoms with E-state index in [0.717, 1.165) is 16.6 Å². The van der Waals surface area contributed by atoms with Gasteiger partial charge in [-0.05, 0) is 30.7 Å². The molecule has 0 aliphatic heterocycles. The van der Waals surface area contributed by atoms with Crippen LogP contribution in [0.5, 0.6) is 5.75 Å². The fraction of sp³-hybridized carbons (Fsp3) is 0.417. The molecule has 1 aromatic carbocycles. The smallest absolute Gasteiger partial charge is 0.314 e. The first-order chi connectivity index (χ1) is 8.22. The highest BCUT2D eigenvalue weighted by molar-refractivity contribution is 9.10. The van der Waals surface area contributed by atoms with Crippen LogP contribution >= 0.6 is 15.9 Å². The molecule has 4 nitrogen and oxygen atoms in total. The molecule has 0 heterocycles. The van der Waals surface area contributed by atoms with Gasteiger partial charge in [0.1, 0.15) is 12.4 Å². The highest BCUT2D eigenvalue weighted by Crippen LogP contribution is 2.15. The molecule has 0 aromatic heterocycles. The quantitative estimate of drug-likeness (QED) is 0.793. The second kappa shape index (κ2) is 7.95. The number of ether oxygens (including phenoxy) is 1. The SMILES string of the molecule is CCCNC(=O)NCCOc1ccc(Br)cc1. The summed E-state index contributed by atoms with van der Waals surface area (Å²) in [6, 6.07) is 7.43. The first kappa shape index (κ1) is 13.8. The van der Waals surface area contributed by atoms with Crippen molar-refractivity contribution in [1.82, 2.24) is 10.6 Å². The van der Waals surface area contributed by atoms with Crippen molar-refractivity contribution in [1.29, 1.82) is 0 Å². The minimum atomic E-state index is -0.147. The van der Waals surface area contributed by atoms with E-state index in [0.29, 0.717) is 19.7 Å². The number of urea groups is 1. The first-order valence-electron chi connectivity index (χ1n) is 5.62. The van der Waals surface area contributed by atoms with Crippen molar-refractivity contribution >= 4 is 22.0 Å². The molecular formula is C12H17BrN2O2. The lowest BCUT2D eigenvalue weighted by molar-refractivity contribution is 0.236. The van der Waals surface area contributed by atoms with Gasteiger partial charge in [-0.15, -0.1) is 0 Å². The number of carbonyl (C=O) groups is 1. The Hall–Kier alpha value is -1.23. The molecule has 1 aromatic rings. The van der Waals surface area contributed by atoms with Crippen molar-refractivity contribution in [3.8, 4) is 5.75 Å². The van der Waals surface area contributed by atoms with Gasteiger partial charge in [-0.3, -0.25) is 0 Å². The number of rotatable bonds is 6. The van der Waals surface area contributed by atoms with Crippen LogP contribution in [0.25, 0.3) is 0 Å². The molecule has 0 saturated carbocycles. The van der Waals surface area contributed by atoms with Crippen LogP contribution in [0, 0.1) is 0 Å². The highest BCUT2D eigenvalue weighted by Gasteiger charge is 1.98. The van der Waals surface area contributed by atoms with E-state index < -0.39 is 0 Å². The molecular weight excluding hydrogens is 284 g/mol. The van der Waals surface area contributed by atoms with Gasteiger partial charge in [0.2, 0.25) is 0 Å². The summed E-state index contributed by atoms with van der Waals surface area (Å²) in [5, 5.41) is 5.44. The summed E-state index contributed by atoms with van der Waals surface area (Å²) < 4.78 is 6.47. The van der Waals surface area contributed by atoms with E-state index in [2.05, 4.69) is 26.6 Å². The summed E-state index contributed by atoms with van der Waals surface area (Å²) in [5.74, 6) is 0.795. The van der Waals surface area contributed by atoms with E-state index in [1.165, 1.54) is 0 Å². The Kier molecular flexibility index (Phi) is 6.47. The van der Waals surface area contributed by atoms with Crippen molar-refractivity contribution in [2.24, 2.45) is 0 Å². The maximum Gasteiger partial charge on any atom is 0.314 e. The third-order valence-corrected chi connectivity index (χ3v) is 2.53. The predicted molar refractivity (Wildman–Crippen MR) is 71.3 cm³/mol. The minimum absolute atomic E-state index is 0.147. The van der Waals surface area contributed by atoms with Gasteiger partial charge >= 0.3 is 6.03 Å². The lowest BCUT2D eigenvalue weighted by atomic mass is 10.3. The Balaban J connectivity index is 2.11. The average Bonchev–Trinajstić information content (AvgIpc) is 2.34. The van der Waals surface area contributed by atoms with Crippen molar-refractivity contribution in [3.63, 3.8) is 0 Å². The summed E-state index contributed by atoms with van der Waals surface area (Å²) in [7, 11) is 0. The Morgan fingerprint density at radius 3 is 2.53 bits per heavy atom. The summed E-state index contributed by atoms with van der Waals surface area (Å²) in [5.41, 5.74) is 0. The van der Waals surface area contributed by atoms with Gasteiger partial charge in [0.25, 0.3) is 0 Å². The summed E-state index contributed by atoms with van der Waals surface area (Å²) >= 11 is 3.35. The van der Waals surface area contributed by atoms with Crippen molar-refractivity contribution in [3.05, 3.63) is 28.7 Å². The normalized spacial score (nSPS) is 9.76. The number of benzene rings is 1. The topological polar surface area (TPSA) is 50.4 Å². The highest BCUT2D eigenvalue weighted by atomic mass is 79.9. The molecule has 2 N–H and O–H groups in total. The van der Waals surface area contributed by atoms with Gasteiger partial charge in [0.15, 0.2) is 0 Å². The molecule has 5 heteroatoms. The zero-order chi connectivity index (χ0) is 12.5. The van der Waals surface area contributed by atoms with E-state index in [1.807, 2.05) is 31.2 Å². The lowest BCUT2D eigenvalue weighted by Crippen LogP contribution is -2.37. The Bertz CT molecular complexity index is 341. The van der Waals surface area contributed by atoms with Gasteiger partial charge in [0, 0.05) is 11.0 Å². The summed E-state index contributed by atoms with van der Waals surface area (Å²) in [6.07, 6.45) is 0.933. The predicted octanol–water partition coefficient (Wildman–Crippen LogP) is 2.54. The molecule has 94 valence electrons. The van der Waals surface area contributed by atoms with Crippen molar-refractivity contribution in [2.75, 3.05) is 19.7 Å². The van der Waals surface area contributed by atoms with Crippen LogP contribution in [-0.2, 0) is 0 Å². The van der Waals surface area contributed by atoms with Gasteiger partial charge in [-0.25, -0.2) is 4.79 Å². The standard InChI is InChI=1S/C12H17BrN2O2/c1-2-7-14-12(16)15-8-9-17-11-5-3-10(13)4-6-11/h3-6H,2,7-9H2,1H3,(H2,14,15,16). The van der Waals surface area contributed by atoms with Gasteiger partial charge in [-0.1, -0.05) is 22.9 Å². The molecule has 17 heavy (non-hydrogen) atoms. The number of halogens is 1. The minimum Gasteiger partial charge on any atom is -0.492 e. The van der Waals surface area contributed by atoms with E-state index in [4.69, 9.17) is 4.74 Å². The molecule has 0 aliphatic rings. The summed E-state index contributed by atoms with van der Waals surface area (Å²) in [6.45, 7) is 3.66. The fourth-order valence-electron chi connectivity index (χ4n) is 1.17. The lowest BCUT2D eigenvalue weighted by Gasteiger charge is -2.08. The largest absolute Gasteiger partial charge is 0.492 e. The fourth-order valence-corrected chi connectivity index (χ4v) is 1.43. The molecule has 0 radical (unpaired) electrons. The van der Waals surface area contributed by atoms with Crippen LogP contribution in [0.3, 0.4) is 0 Å². The molecule has 0 saturated heterocycles. The van der Waals surface area contributed by atoms with Crippen LogP contribution in [0.4, 0.5) is 4.79 Å². The Morgan fingerprint density at radius 2 is 1.88 bits per heavy atom. The van der Waals surface area contributed by atoms with E-state index in [9.17, 15) is 4.79 Å². The van der Waals surface area contributed by atoms with Crippen LogP contribution in [-0.4, -0.2) is 25.7 Å². The molecule has 0 unspecified atom stereocenters. The van der Waals surface area contributed by atoms with Crippen LogP contribution in [0.1, 0.15) is 13.3 Å². The average molecular weight is 301 g/mol. The van der Waals surface area contributed by atoms with Crippen LogP contribution < -0.4 is 15.4 Å². The second-order valence-electron chi connectivity index (χ2n) is 3.49. The van der Waals surface area contributed by atoms with E-state index in [1.54, 1.807) is 0 Å². The number of hydrogen-bond donors (Lipinski definition) is 2. The monoisotopic (exact) mass is 300 g/mol. The summed E-state index contributed by atoms with van der Waals surface area (Å²) in [4.78, 5) is 11.2. The second-order valence-corrected chi connectivity index (χ2v) is 4.40. The Morgan fingerprint density at radius 1 is 1.24 bits per heavy atom. The van der Waals surface area contributed by atoms with Crippen LogP contribution in [0.15, 0.2) is 28.7 Å². The van der Waals surface area contributed by atoms with E-state index in [-0.39, 0.29) is 6.03 Å². The number of hydrogen-bond acceptors (Lipinski definition) is 2. The first-order valence-corrected chi connectivity index (χ1v) is 6.41.